The number of rotatable bonds is 6. The van der Waals surface area contributed by atoms with Gasteiger partial charge < -0.3 is 10.1 Å². The number of ether oxygens (including phenoxy) is 1. The molecule has 0 aromatic heterocycles. The second-order valence-electron chi connectivity index (χ2n) is 7.37. The van der Waals surface area contributed by atoms with Crippen molar-refractivity contribution in [2.75, 3.05) is 0 Å². The maximum absolute atomic E-state index is 12.7. The van der Waals surface area contributed by atoms with Gasteiger partial charge in [-0.1, -0.05) is 31.2 Å². The first-order valence-electron chi connectivity index (χ1n) is 9.64. The third-order valence-corrected chi connectivity index (χ3v) is 5.40. The number of aryl methyl sites for hydroxylation is 4. The molecule has 2 atom stereocenters. The summed E-state index contributed by atoms with van der Waals surface area (Å²) in [6.07, 6.45) is 3.72. The van der Waals surface area contributed by atoms with E-state index in [-0.39, 0.29) is 11.9 Å². The average molecular weight is 351 g/mol. The Morgan fingerprint density at radius 1 is 1.08 bits per heavy atom. The van der Waals surface area contributed by atoms with Gasteiger partial charge >= 0.3 is 0 Å². The van der Waals surface area contributed by atoms with Gasteiger partial charge in [0.1, 0.15) is 5.75 Å². The third-order valence-electron chi connectivity index (χ3n) is 5.40. The summed E-state index contributed by atoms with van der Waals surface area (Å²) >= 11 is 0. The lowest BCUT2D eigenvalue weighted by Crippen LogP contribution is -2.39. The Bertz CT molecular complexity index is 797. The molecule has 1 aliphatic carbocycles. The van der Waals surface area contributed by atoms with Crippen molar-refractivity contribution >= 4 is 5.91 Å². The Balaban J connectivity index is 1.65. The van der Waals surface area contributed by atoms with E-state index in [1.807, 2.05) is 32.0 Å². The van der Waals surface area contributed by atoms with Crippen molar-refractivity contribution in [3.05, 3.63) is 64.2 Å². The molecule has 0 heterocycles. The molecular formula is C23H29NO2. The summed E-state index contributed by atoms with van der Waals surface area (Å²) in [5, 5.41) is 3.12. The summed E-state index contributed by atoms with van der Waals surface area (Å²) in [5.74, 6) is 0.694. The second-order valence-corrected chi connectivity index (χ2v) is 7.37. The van der Waals surface area contributed by atoms with Crippen molar-refractivity contribution in [3.8, 4) is 5.75 Å². The summed E-state index contributed by atoms with van der Waals surface area (Å²) in [6.45, 7) is 8.14. The van der Waals surface area contributed by atoms with Gasteiger partial charge in [0.05, 0.1) is 6.04 Å². The highest BCUT2D eigenvalue weighted by atomic mass is 16.5. The van der Waals surface area contributed by atoms with Crippen LogP contribution in [0.5, 0.6) is 5.75 Å². The lowest BCUT2D eigenvalue weighted by atomic mass is 10.0. The Kier molecular flexibility index (Phi) is 5.65. The lowest BCUT2D eigenvalue weighted by molar-refractivity contribution is -0.128. The molecule has 2 aromatic carbocycles. The highest BCUT2D eigenvalue weighted by Crippen LogP contribution is 2.25. The molecule has 1 aliphatic rings. The fourth-order valence-electron chi connectivity index (χ4n) is 3.52. The molecule has 26 heavy (non-hydrogen) atoms. The fourth-order valence-corrected chi connectivity index (χ4v) is 3.52. The second kappa shape index (κ2) is 7.94. The van der Waals surface area contributed by atoms with E-state index in [2.05, 4.69) is 37.4 Å². The minimum atomic E-state index is -0.478. The molecule has 0 saturated carbocycles. The van der Waals surface area contributed by atoms with Gasteiger partial charge in [-0.05, 0) is 86.4 Å². The van der Waals surface area contributed by atoms with Crippen LogP contribution in [0.2, 0.25) is 0 Å². The van der Waals surface area contributed by atoms with Crippen LogP contribution < -0.4 is 10.1 Å². The highest BCUT2D eigenvalue weighted by molar-refractivity contribution is 5.81. The van der Waals surface area contributed by atoms with Gasteiger partial charge in [0.2, 0.25) is 0 Å². The number of benzene rings is 2. The van der Waals surface area contributed by atoms with Gasteiger partial charge in [0.15, 0.2) is 6.10 Å². The van der Waals surface area contributed by atoms with E-state index >= 15 is 0 Å². The van der Waals surface area contributed by atoms with E-state index < -0.39 is 6.10 Å². The van der Waals surface area contributed by atoms with Crippen LogP contribution in [-0.4, -0.2) is 12.0 Å². The smallest absolute Gasteiger partial charge is 0.261 e. The molecule has 3 rings (SSSR count). The predicted octanol–water partition coefficient (Wildman–Crippen LogP) is 4.83. The van der Waals surface area contributed by atoms with E-state index in [0.717, 1.165) is 12.2 Å². The zero-order valence-electron chi connectivity index (χ0n) is 16.3. The standard InChI is InChI=1S/C23H29NO2/c1-5-22(26-21-12-9-15(2)16(3)13-21)23(25)24-17(4)19-11-10-18-7-6-8-20(18)14-19/h9-14,17,22H,5-8H2,1-4H3,(H,24,25)/t17-,22-/m0/s1. The summed E-state index contributed by atoms with van der Waals surface area (Å²) in [5.41, 5.74) is 6.45. The zero-order chi connectivity index (χ0) is 18.7. The fraction of sp³-hybridized carbons (Fsp3) is 0.435. The number of nitrogens with one attached hydrogen (secondary N) is 1. The van der Waals surface area contributed by atoms with Gasteiger partial charge in [-0.25, -0.2) is 0 Å². The first-order valence-corrected chi connectivity index (χ1v) is 9.64. The Labute approximate surface area is 156 Å². The number of amides is 1. The van der Waals surface area contributed by atoms with Crippen molar-refractivity contribution in [2.24, 2.45) is 0 Å². The molecule has 0 radical (unpaired) electrons. The first-order chi connectivity index (χ1) is 12.5. The largest absolute Gasteiger partial charge is 0.481 e. The predicted molar refractivity (Wildman–Crippen MR) is 106 cm³/mol. The Morgan fingerprint density at radius 2 is 1.85 bits per heavy atom. The van der Waals surface area contributed by atoms with E-state index in [9.17, 15) is 4.79 Å². The number of hydrogen-bond donors (Lipinski definition) is 1. The van der Waals surface area contributed by atoms with Crippen LogP contribution in [-0.2, 0) is 17.6 Å². The molecule has 0 unspecified atom stereocenters. The maximum atomic E-state index is 12.7. The van der Waals surface area contributed by atoms with Crippen LogP contribution in [0.25, 0.3) is 0 Å². The molecular weight excluding hydrogens is 322 g/mol. The highest BCUT2D eigenvalue weighted by Gasteiger charge is 2.21. The SMILES string of the molecule is CC[C@H](Oc1ccc(C)c(C)c1)C(=O)N[C@@H](C)c1ccc2c(c1)CCC2. The van der Waals surface area contributed by atoms with Crippen LogP contribution >= 0.6 is 0 Å². The van der Waals surface area contributed by atoms with Gasteiger partial charge in [-0.3, -0.25) is 4.79 Å². The molecule has 0 fully saturated rings. The Hall–Kier alpha value is -2.29. The van der Waals surface area contributed by atoms with Crippen LogP contribution in [0, 0.1) is 13.8 Å². The molecule has 2 aromatic rings. The number of carbonyl (C=O) groups excluding carboxylic acids is 1. The van der Waals surface area contributed by atoms with Crippen LogP contribution in [0.3, 0.4) is 0 Å². The normalized spacial score (nSPS) is 15.2. The molecule has 0 bridgehead atoms. The molecule has 1 N–H and O–H groups in total. The van der Waals surface area contributed by atoms with Gasteiger partial charge in [-0.2, -0.15) is 0 Å². The summed E-state index contributed by atoms with van der Waals surface area (Å²) < 4.78 is 5.96. The van der Waals surface area contributed by atoms with E-state index in [1.165, 1.54) is 40.7 Å². The summed E-state index contributed by atoms with van der Waals surface area (Å²) in [6, 6.07) is 12.5. The van der Waals surface area contributed by atoms with Crippen LogP contribution in [0.15, 0.2) is 36.4 Å². The molecule has 3 heteroatoms. The third kappa shape index (κ3) is 4.09. The number of fused-ring (bicyclic) bond motifs is 1. The summed E-state index contributed by atoms with van der Waals surface area (Å²) in [7, 11) is 0. The van der Waals surface area contributed by atoms with Crippen molar-refractivity contribution < 1.29 is 9.53 Å². The zero-order valence-corrected chi connectivity index (χ0v) is 16.3. The number of carbonyl (C=O) groups is 1. The molecule has 0 aliphatic heterocycles. The number of hydrogen-bond acceptors (Lipinski definition) is 2. The minimum Gasteiger partial charge on any atom is -0.481 e. The first kappa shape index (κ1) is 18.5. The minimum absolute atomic E-state index is 0.0224. The molecule has 3 nitrogen and oxygen atoms in total. The van der Waals surface area contributed by atoms with Crippen LogP contribution in [0.4, 0.5) is 0 Å². The quantitative estimate of drug-likeness (QED) is 0.810. The van der Waals surface area contributed by atoms with E-state index in [0.29, 0.717) is 6.42 Å². The molecule has 1 amide bonds. The molecule has 0 spiro atoms. The summed E-state index contributed by atoms with van der Waals surface area (Å²) in [4.78, 5) is 12.7. The van der Waals surface area contributed by atoms with E-state index in [4.69, 9.17) is 4.74 Å². The van der Waals surface area contributed by atoms with Crippen LogP contribution in [0.1, 0.15) is 60.5 Å². The topological polar surface area (TPSA) is 38.3 Å². The lowest BCUT2D eigenvalue weighted by Gasteiger charge is -2.21. The monoisotopic (exact) mass is 351 g/mol. The molecule has 138 valence electrons. The Morgan fingerprint density at radius 3 is 2.58 bits per heavy atom. The van der Waals surface area contributed by atoms with Gasteiger partial charge in [-0.15, -0.1) is 0 Å². The van der Waals surface area contributed by atoms with Crippen molar-refractivity contribution in [3.63, 3.8) is 0 Å². The van der Waals surface area contributed by atoms with Crippen molar-refractivity contribution in [1.82, 2.24) is 5.32 Å². The average Bonchev–Trinajstić information content (AvgIpc) is 3.10. The van der Waals surface area contributed by atoms with Gasteiger partial charge in [0, 0.05) is 0 Å². The maximum Gasteiger partial charge on any atom is 0.261 e. The van der Waals surface area contributed by atoms with Crippen molar-refractivity contribution in [2.45, 2.75) is 65.5 Å². The van der Waals surface area contributed by atoms with Crippen molar-refractivity contribution in [1.29, 1.82) is 0 Å². The van der Waals surface area contributed by atoms with Gasteiger partial charge in [0.25, 0.3) is 5.91 Å². The van der Waals surface area contributed by atoms with E-state index in [1.54, 1.807) is 0 Å². The molecule has 0 saturated heterocycles.